The molecule has 0 aliphatic heterocycles. The van der Waals surface area contributed by atoms with Gasteiger partial charge in [-0.05, 0) is 64.7 Å². The third-order valence-corrected chi connectivity index (χ3v) is 4.77. The van der Waals surface area contributed by atoms with Gasteiger partial charge in [0.05, 0.1) is 17.7 Å². The van der Waals surface area contributed by atoms with Crippen LogP contribution in [0.4, 0.5) is 0 Å². The highest BCUT2D eigenvalue weighted by molar-refractivity contribution is 9.10. The Balaban J connectivity index is 2.14. The highest BCUT2D eigenvalue weighted by Gasteiger charge is 2.13. The number of aliphatic hydroxyl groups excluding tert-OH is 1. The summed E-state index contributed by atoms with van der Waals surface area (Å²) in [5.74, 6) is 1.36. The number of hydrogen-bond donors (Lipinski definition) is 2. The van der Waals surface area contributed by atoms with Gasteiger partial charge in [0, 0.05) is 17.6 Å². The first-order valence-electron chi connectivity index (χ1n) is 8.74. The summed E-state index contributed by atoms with van der Waals surface area (Å²) < 4.78 is 12.6. The highest BCUT2D eigenvalue weighted by Crippen LogP contribution is 2.37. The second kappa shape index (κ2) is 10.8. The van der Waals surface area contributed by atoms with Gasteiger partial charge in [0.15, 0.2) is 11.5 Å². The van der Waals surface area contributed by atoms with E-state index in [1.807, 2.05) is 50.2 Å². The van der Waals surface area contributed by atoms with Crippen LogP contribution in [0.3, 0.4) is 0 Å². The normalized spacial score (nSPS) is 12.0. The lowest BCUT2D eigenvalue weighted by atomic mass is 10.1. The number of hydrogen-bond acceptors (Lipinski definition) is 4. The van der Waals surface area contributed by atoms with Gasteiger partial charge in [0.25, 0.3) is 0 Å². The monoisotopic (exact) mass is 441 g/mol. The molecule has 2 aromatic carbocycles. The van der Waals surface area contributed by atoms with Gasteiger partial charge >= 0.3 is 0 Å². The molecular weight excluding hydrogens is 418 g/mol. The molecule has 0 heterocycles. The zero-order valence-corrected chi connectivity index (χ0v) is 17.4. The molecule has 0 saturated carbocycles. The van der Waals surface area contributed by atoms with E-state index < -0.39 is 0 Å². The molecule has 0 aliphatic rings. The first-order valence-corrected chi connectivity index (χ1v) is 9.91. The molecule has 6 heteroatoms. The molecule has 2 aromatic rings. The van der Waals surface area contributed by atoms with Crippen molar-refractivity contribution in [1.29, 1.82) is 0 Å². The van der Waals surface area contributed by atoms with Gasteiger partial charge in [0.1, 0.15) is 6.61 Å². The Morgan fingerprint density at radius 2 is 1.96 bits per heavy atom. The number of nitrogens with one attached hydrogen (secondary N) is 1. The van der Waals surface area contributed by atoms with Gasteiger partial charge in [0.2, 0.25) is 0 Å². The molecule has 4 nitrogen and oxygen atoms in total. The molecule has 1 atom stereocenters. The molecule has 2 rings (SSSR count). The minimum absolute atomic E-state index is 0.0862. The Kier molecular flexibility index (Phi) is 8.72. The quantitative estimate of drug-likeness (QED) is 0.547. The summed E-state index contributed by atoms with van der Waals surface area (Å²) in [6, 6.07) is 11.7. The summed E-state index contributed by atoms with van der Waals surface area (Å²) in [5.41, 5.74) is 2.05. The molecule has 0 spiro atoms. The molecule has 26 heavy (non-hydrogen) atoms. The van der Waals surface area contributed by atoms with Crippen LogP contribution in [-0.2, 0) is 13.2 Å². The fourth-order valence-electron chi connectivity index (χ4n) is 2.51. The van der Waals surface area contributed by atoms with Crippen molar-refractivity contribution >= 4 is 27.5 Å². The Bertz CT molecular complexity index is 707. The first kappa shape index (κ1) is 21.0. The van der Waals surface area contributed by atoms with Crippen molar-refractivity contribution in [1.82, 2.24) is 5.32 Å². The summed E-state index contributed by atoms with van der Waals surface area (Å²) in [4.78, 5) is 0. The van der Waals surface area contributed by atoms with Crippen molar-refractivity contribution in [2.24, 2.45) is 0 Å². The van der Waals surface area contributed by atoms with Crippen molar-refractivity contribution in [3.05, 3.63) is 57.0 Å². The van der Waals surface area contributed by atoms with E-state index in [4.69, 9.17) is 21.1 Å². The van der Waals surface area contributed by atoms with Crippen molar-refractivity contribution in [3.63, 3.8) is 0 Å². The maximum absolute atomic E-state index is 9.31. The van der Waals surface area contributed by atoms with E-state index in [1.165, 1.54) is 0 Å². The van der Waals surface area contributed by atoms with Crippen molar-refractivity contribution < 1.29 is 14.6 Å². The van der Waals surface area contributed by atoms with Crippen LogP contribution >= 0.6 is 27.5 Å². The first-order chi connectivity index (χ1) is 12.6. The zero-order valence-electron chi connectivity index (χ0n) is 15.1. The topological polar surface area (TPSA) is 50.7 Å². The third kappa shape index (κ3) is 6.16. The molecule has 0 bridgehead atoms. The second-order valence-corrected chi connectivity index (χ2v) is 7.22. The smallest absolute Gasteiger partial charge is 0.175 e. The van der Waals surface area contributed by atoms with Gasteiger partial charge in [-0.2, -0.15) is 0 Å². The highest BCUT2D eigenvalue weighted by atomic mass is 79.9. The summed E-state index contributed by atoms with van der Waals surface area (Å²) in [6.45, 7) is 5.70. The van der Waals surface area contributed by atoms with E-state index in [0.29, 0.717) is 36.3 Å². The fourth-order valence-corrected chi connectivity index (χ4v) is 3.33. The van der Waals surface area contributed by atoms with E-state index >= 15 is 0 Å². The van der Waals surface area contributed by atoms with Crippen LogP contribution in [0.1, 0.15) is 31.4 Å². The largest absolute Gasteiger partial charge is 0.490 e. The maximum Gasteiger partial charge on any atom is 0.175 e. The molecule has 0 aliphatic carbocycles. The predicted octanol–water partition coefficient (Wildman–Crippen LogP) is 4.94. The predicted molar refractivity (Wildman–Crippen MR) is 109 cm³/mol. The van der Waals surface area contributed by atoms with E-state index in [2.05, 4.69) is 21.2 Å². The Morgan fingerprint density at radius 1 is 1.15 bits per heavy atom. The average Bonchev–Trinajstić information content (AvgIpc) is 2.62. The van der Waals surface area contributed by atoms with Crippen LogP contribution in [0, 0.1) is 0 Å². The number of ether oxygens (including phenoxy) is 2. The lowest BCUT2D eigenvalue weighted by Crippen LogP contribution is -2.31. The molecule has 0 aromatic heterocycles. The van der Waals surface area contributed by atoms with E-state index in [9.17, 15) is 5.11 Å². The maximum atomic E-state index is 9.31. The van der Waals surface area contributed by atoms with Crippen molar-refractivity contribution in [3.8, 4) is 11.5 Å². The van der Waals surface area contributed by atoms with Crippen molar-refractivity contribution in [2.45, 2.75) is 39.5 Å². The third-order valence-electron chi connectivity index (χ3n) is 3.95. The van der Waals surface area contributed by atoms with E-state index in [1.54, 1.807) is 0 Å². The average molecular weight is 443 g/mol. The SMILES string of the molecule is CCOc1cc(CN[C@@H](CC)CO)cc(Br)c1OCc1cccc(Cl)c1. The minimum atomic E-state index is 0.0862. The zero-order chi connectivity index (χ0) is 18.9. The second-order valence-electron chi connectivity index (χ2n) is 5.93. The summed E-state index contributed by atoms with van der Waals surface area (Å²) >= 11 is 9.62. The lowest BCUT2D eigenvalue weighted by Gasteiger charge is -2.18. The number of aliphatic hydroxyl groups is 1. The lowest BCUT2D eigenvalue weighted by molar-refractivity contribution is 0.238. The molecule has 0 unspecified atom stereocenters. The Labute approximate surface area is 168 Å². The summed E-state index contributed by atoms with van der Waals surface area (Å²) in [6.07, 6.45) is 0.872. The molecule has 142 valence electrons. The number of rotatable bonds is 10. The number of halogens is 2. The van der Waals surface area contributed by atoms with Crippen molar-refractivity contribution in [2.75, 3.05) is 13.2 Å². The van der Waals surface area contributed by atoms with E-state index in [-0.39, 0.29) is 12.6 Å². The molecule has 0 saturated heterocycles. The van der Waals surface area contributed by atoms with Gasteiger partial charge < -0.3 is 19.9 Å². The summed E-state index contributed by atoms with van der Waals surface area (Å²) in [7, 11) is 0. The molecule has 0 fully saturated rings. The Morgan fingerprint density at radius 3 is 2.62 bits per heavy atom. The van der Waals surface area contributed by atoms with Gasteiger partial charge in [-0.1, -0.05) is 30.7 Å². The van der Waals surface area contributed by atoms with Gasteiger partial charge in [-0.15, -0.1) is 0 Å². The van der Waals surface area contributed by atoms with Crippen LogP contribution in [0.2, 0.25) is 5.02 Å². The van der Waals surface area contributed by atoms with Crippen LogP contribution < -0.4 is 14.8 Å². The fraction of sp³-hybridized carbons (Fsp3) is 0.400. The van der Waals surface area contributed by atoms with Crippen LogP contribution in [-0.4, -0.2) is 24.4 Å². The Hall–Kier alpha value is -1.27. The molecule has 2 N–H and O–H groups in total. The van der Waals surface area contributed by atoms with Gasteiger partial charge in [-0.25, -0.2) is 0 Å². The van der Waals surface area contributed by atoms with Crippen LogP contribution in [0.15, 0.2) is 40.9 Å². The standard InChI is InChI=1S/C20H25BrClNO3/c1-3-17(12-24)23-11-15-9-18(21)20(19(10-15)25-4-2)26-13-14-6-5-7-16(22)8-14/h5-10,17,23-24H,3-4,11-13H2,1-2H3/t17-/m0/s1. The molecule has 0 amide bonds. The molecule has 0 radical (unpaired) electrons. The van der Waals surface area contributed by atoms with Crippen LogP contribution in [0.5, 0.6) is 11.5 Å². The minimum Gasteiger partial charge on any atom is -0.490 e. The summed E-state index contributed by atoms with van der Waals surface area (Å²) in [5, 5.41) is 13.3. The van der Waals surface area contributed by atoms with E-state index in [0.717, 1.165) is 22.0 Å². The van der Waals surface area contributed by atoms with Crippen LogP contribution in [0.25, 0.3) is 0 Å². The molecular formula is C20H25BrClNO3. The van der Waals surface area contributed by atoms with Gasteiger partial charge in [-0.3, -0.25) is 0 Å². The number of benzene rings is 2.